The summed E-state index contributed by atoms with van der Waals surface area (Å²) in [6.45, 7) is 2.73. The topological polar surface area (TPSA) is 97.3 Å². The SMILES string of the molecule is CCN(CC(N)=O)c1cccc(NN)n1. The Kier molecular flexibility index (Phi) is 3.87. The van der Waals surface area contributed by atoms with Crippen molar-refractivity contribution in [3.63, 3.8) is 0 Å². The van der Waals surface area contributed by atoms with E-state index in [-0.39, 0.29) is 12.5 Å². The van der Waals surface area contributed by atoms with Crippen LogP contribution in [-0.4, -0.2) is 24.0 Å². The first kappa shape index (κ1) is 11.3. The Morgan fingerprint density at radius 2 is 2.33 bits per heavy atom. The van der Waals surface area contributed by atoms with E-state index in [0.717, 1.165) is 0 Å². The van der Waals surface area contributed by atoms with Crippen LogP contribution in [0.2, 0.25) is 0 Å². The summed E-state index contributed by atoms with van der Waals surface area (Å²) >= 11 is 0. The lowest BCUT2D eigenvalue weighted by Gasteiger charge is -2.20. The summed E-state index contributed by atoms with van der Waals surface area (Å²) in [5, 5.41) is 0. The lowest BCUT2D eigenvalue weighted by molar-refractivity contribution is -0.116. The molecule has 0 fully saturated rings. The Balaban J connectivity index is 2.85. The number of amides is 1. The summed E-state index contributed by atoms with van der Waals surface area (Å²) in [6, 6.07) is 5.34. The zero-order chi connectivity index (χ0) is 11.3. The van der Waals surface area contributed by atoms with E-state index in [2.05, 4.69) is 10.4 Å². The van der Waals surface area contributed by atoms with Gasteiger partial charge in [-0.1, -0.05) is 6.07 Å². The maximum atomic E-state index is 10.8. The van der Waals surface area contributed by atoms with E-state index in [4.69, 9.17) is 11.6 Å². The molecule has 15 heavy (non-hydrogen) atoms. The van der Waals surface area contributed by atoms with Crippen molar-refractivity contribution >= 4 is 17.5 Å². The molecule has 6 nitrogen and oxygen atoms in total. The van der Waals surface area contributed by atoms with Gasteiger partial charge < -0.3 is 16.1 Å². The largest absolute Gasteiger partial charge is 0.368 e. The molecular formula is C9H15N5O. The molecule has 0 aliphatic rings. The summed E-state index contributed by atoms with van der Waals surface area (Å²) in [6.07, 6.45) is 0. The third-order valence-corrected chi connectivity index (χ3v) is 1.93. The fourth-order valence-corrected chi connectivity index (χ4v) is 1.22. The standard InChI is InChI=1S/C9H15N5O/c1-2-14(6-7(10)15)9-5-3-4-8(12-9)13-11/h3-5H,2,6,11H2,1H3,(H2,10,15)(H,12,13). The Morgan fingerprint density at radius 1 is 1.60 bits per heavy atom. The predicted octanol–water partition coefficient (Wildman–Crippen LogP) is -0.321. The molecule has 1 amide bonds. The van der Waals surface area contributed by atoms with Gasteiger partial charge in [-0.15, -0.1) is 0 Å². The molecule has 0 bridgehead atoms. The molecule has 6 heteroatoms. The second-order valence-electron chi connectivity index (χ2n) is 3.01. The average Bonchev–Trinajstić information content (AvgIpc) is 2.25. The number of likely N-dealkylation sites (N-methyl/N-ethyl adjacent to an activating group) is 1. The van der Waals surface area contributed by atoms with Gasteiger partial charge in [0, 0.05) is 6.54 Å². The van der Waals surface area contributed by atoms with Crippen molar-refractivity contribution in [1.29, 1.82) is 0 Å². The maximum Gasteiger partial charge on any atom is 0.236 e. The molecule has 0 unspecified atom stereocenters. The van der Waals surface area contributed by atoms with Crippen LogP contribution in [-0.2, 0) is 4.79 Å². The van der Waals surface area contributed by atoms with Gasteiger partial charge >= 0.3 is 0 Å². The van der Waals surface area contributed by atoms with E-state index in [1.165, 1.54) is 0 Å². The molecule has 0 atom stereocenters. The normalized spacial score (nSPS) is 9.73. The molecule has 5 N–H and O–H groups in total. The Labute approximate surface area is 88.2 Å². The second-order valence-corrected chi connectivity index (χ2v) is 3.01. The molecule has 0 saturated heterocycles. The first-order chi connectivity index (χ1) is 7.17. The number of aromatic nitrogens is 1. The average molecular weight is 209 g/mol. The minimum atomic E-state index is -0.384. The molecule has 0 saturated carbocycles. The summed E-state index contributed by atoms with van der Waals surface area (Å²) in [5.74, 6) is 6.08. The number of carbonyl (C=O) groups is 1. The van der Waals surface area contributed by atoms with E-state index in [1.54, 1.807) is 23.1 Å². The quantitative estimate of drug-likeness (QED) is 0.456. The molecule has 1 aromatic rings. The number of rotatable bonds is 5. The first-order valence-electron chi connectivity index (χ1n) is 4.64. The zero-order valence-electron chi connectivity index (χ0n) is 8.60. The highest BCUT2D eigenvalue weighted by Crippen LogP contribution is 2.12. The van der Waals surface area contributed by atoms with E-state index in [9.17, 15) is 4.79 Å². The van der Waals surface area contributed by atoms with Crippen molar-refractivity contribution in [3.05, 3.63) is 18.2 Å². The van der Waals surface area contributed by atoms with E-state index in [0.29, 0.717) is 18.2 Å². The fourth-order valence-electron chi connectivity index (χ4n) is 1.22. The number of nitrogen functional groups attached to an aromatic ring is 1. The van der Waals surface area contributed by atoms with Crippen molar-refractivity contribution in [1.82, 2.24) is 4.98 Å². The number of nitrogens with zero attached hydrogens (tertiary/aromatic N) is 2. The number of anilines is 2. The van der Waals surface area contributed by atoms with Crippen LogP contribution in [0.1, 0.15) is 6.92 Å². The van der Waals surface area contributed by atoms with Gasteiger partial charge in [0.25, 0.3) is 0 Å². The number of carbonyl (C=O) groups excluding carboxylic acids is 1. The van der Waals surface area contributed by atoms with Crippen LogP contribution >= 0.6 is 0 Å². The number of pyridine rings is 1. The van der Waals surface area contributed by atoms with Gasteiger partial charge in [0.1, 0.15) is 11.6 Å². The van der Waals surface area contributed by atoms with Crippen molar-refractivity contribution < 1.29 is 4.79 Å². The second kappa shape index (κ2) is 5.16. The smallest absolute Gasteiger partial charge is 0.236 e. The molecule has 1 aromatic heterocycles. The van der Waals surface area contributed by atoms with Crippen molar-refractivity contribution in [2.45, 2.75) is 6.92 Å². The van der Waals surface area contributed by atoms with Gasteiger partial charge in [0.05, 0.1) is 6.54 Å². The number of hydrogen-bond donors (Lipinski definition) is 3. The molecule has 0 spiro atoms. The maximum absolute atomic E-state index is 10.8. The highest BCUT2D eigenvalue weighted by atomic mass is 16.1. The summed E-state index contributed by atoms with van der Waals surface area (Å²) in [7, 11) is 0. The fraction of sp³-hybridized carbons (Fsp3) is 0.333. The number of nitrogens with one attached hydrogen (secondary N) is 1. The van der Waals surface area contributed by atoms with Crippen LogP contribution in [0.5, 0.6) is 0 Å². The minimum absolute atomic E-state index is 0.150. The van der Waals surface area contributed by atoms with Gasteiger partial charge in [0.15, 0.2) is 0 Å². The lowest BCUT2D eigenvalue weighted by atomic mass is 10.4. The van der Waals surface area contributed by atoms with Gasteiger partial charge in [-0.2, -0.15) is 0 Å². The zero-order valence-corrected chi connectivity index (χ0v) is 8.60. The van der Waals surface area contributed by atoms with E-state index in [1.807, 2.05) is 6.92 Å². The van der Waals surface area contributed by atoms with Crippen molar-refractivity contribution in [3.8, 4) is 0 Å². The molecular weight excluding hydrogens is 194 g/mol. The highest BCUT2D eigenvalue weighted by molar-refractivity contribution is 5.79. The summed E-state index contributed by atoms with van der Waals surface area (Å²) < 4.78 is 0. The predicted molar refractivity (Wildman–Crippen MR) is 59.1 cm³/mol. The van der Waals surface area contributed by atoms with Crippen LogP contribution in [0.3, 0.4) is 0 Å². The van der Waals surface area contributed by atoms with Crippen LogP contribution in [0, 0.1) is 0 Å². The summed E-state index contributed by atoms with van der Waals surface area (Å²) in [5.41, 5.74) is 7.57. The monoisotopic (exact) mass is 209 g/mol. The Hall–Kier alpha value is -1.82. The van der Waals surface area contributed by atoms with Gasteiger partial charge in [-0.05, 0) is 19.1 Å². The Bertz CT molecular complexity index is 341. The minimum Gasteiger partial charge on any atom is -0.368 e. The van der Waals surface area contributed by atoms with Gasteiger partial charge in [-0.3, -0.25) is 4.79 Å². The highest BCUT2D eigenvalue weighted by Gasteiger charge is 2.08. The third kappa shape index (κ3) is 3.10. The summed E-state index contributed by atoms with van der Waals surface area (Å²) in [4.78, 5) is 16.8. The Morgan fingerprint density at radius 3 is 2.87 bits per heavy atom. The van der Waals surface area contributed by atoms with Crippen molar-refractivity contribution in [2.75, 3.05) is 23.4 Å². The van der Waals surface area contributed by atoms with Gasteiger partial charge in [-0.25, -0.2) is 10.8 Å². The number of primary amides is 1. The van der Waals surface area contributed by atoms with Gasteiger partial charge in [0.2, 0.25) is 5.91 Å². The molecule has 82 valence electrons. The molecule has 0 radical (unpaired) electrons. The van der Waals surface area contributed by atoms with E-state index < -0.39 is 0 Å². The number of hydrogen-bond acceptors (Lipinski definition) is 5. The number of nitrogens with two attached hydrogens (primary N) is 2. The molecule has 0 aromatic carbocycles. The first-order valence-corrected chi connectivity index (χ1v) is 4.64. The van der Waals surface area contributed by atoms with E-state index >= 15 is 0 Å². The molecule has 1 heterocycles. The van der Waals surface area contributed by atoms with Crippen LogP contribution in [0.15, 0.2) is 18.2 Å². The molecule has 0 aliphatic carbocycles. The van der Waals surface area contributed by atoms with Crippen molar-refractivity contribution in [2.24, 2.45) is 11.6 Å². The molecule has 0 aliphatic heterocycles. The number of hydrazine groups is 1. The van der Waals surface area contributed by atoms with Crippen LogP contribution in [0.25, 0.3) is 0 Å². The van der Waals surface area contributed by atoms with Crippen LogP contribution in [0.4, 0.5) is 11.6 Å². The lowest BCUT2D eigenvalue weighted by Crippen LogP contribution is -2.34. The third-order valence-electron chi connectivity index (χ3n) is 1.93. The van der Waals surface area contributed by atoms with Crippen LogP contribution < -0.4 is 21.9 Å². The molecule has 1 rings (SSSR count).